The topological polar surface area (TPSA) is 99.3 Å². The first kappa shape index (κ1) is 15.9. The lowest BCUT2D eigenvalue weighted by Crippen LogP contribution is -2.36. The maximum absolute atomic E-state index is 11.7. The minimum absolute atomic E-state index is 0.0815. The minimum Gasteiger partial charge on any atom is -0.467 e. The van der Waals surface area contributed by atoms with Crippen molar-refractivity contribution >= 4 is 17.5 Å². The highest BCUT2D eigenvalue weighted by atomic mass is 16.6. The molecule has 1 heterocycles. The monoisotopic (exact) mass is 284 g/mol. The Morgan fingerprint density at radius 1 is 1.55 bits per heavy atom. The Bertz CT molecular complexity index is 510. The van der Waals surface area contributed by atoms with E-state index in [1.807, 2.05) is 13.8 Å². The van der Waals surface area contributed by atoms with Crippen LogP contribution in [0.5, 0.6) is 0 Å². The Hall–Kier alpha value is -2.12. The minimum atomic E-state index is -0.668. The largest absolute Gasteiger partial charge is 0.467 e. The fourth-order valence-corrected chi connectivity index (χ4v) is 1.93. The molecule has 112 valence electrons. The van der Waals surface area contributed by atoms with E-state index in [2.05, 4.69) is 10.4 Å². The zero-order valence-electron chi connectivity index (χ0n) is 12.3. The summed E-state index contributed by atoms with van der Waals surface area (Å²) in [5.41, 5.74) is 0.289. The number of carbonyl (C=O) groups is 1. The predicted octanol–water partition coefficient (Wildman–Crippen LogP) is 1.50. The van der Waals surface area contributed by atoms with Crippen LogP contribution in [-0.4, -0.2) is 33.8 Å². The second kappa shape index (κ2) is 6.36. The van der Waals surface area contributed by atoms with Crippen molar-refractivity contribution < 1.29 is 14.5 Å². The highest BCUT2D eigenvalue weighted by Gasteiger charge is 2.31. The third kappa shape index (κ3) is 3.06. The molecule has 1 N–H and O–H groups in total. The third-order valence-corrected chi connectivity index (χ3v) is 3.02. The van der Waals surface area contributed by atoms with E-state index in [4.69, 9.17) is 4.74 Å². The van der Waals surface area contributed by atoms with Crippen molar-refractivity contribution in [1.82, 2.24) is 9.78 Å². The molecule has 0 aliphatic carbocycles. The van der Waals surface area contributed by atoms with Crippen molar-refractivity contribution in [3.05, 3.63) is 15.8 Å². The van der Waals surface area contributed by atoms with E-state index in [-0.39, 0.29) is 17.4 Å². The van der Waals surface area contributed by atoms with Crippen molar-refractivity contribution in [3.8, 4) is 0 Å². The number of aromatic nitrogens is 2. The fourth-order valence-electron chi connectivity index (χ4n) is 1.93. The van der Waals surface area contributed by atoms with Crippen LogP contribution in [0, 0.1) is 16.0 Å². The van der Waals surface area contributed by atoms with Crippen molar-refractivity contribution in [1.29, 1.82) is 0 Å². The molecule has 0 bridgehead atoms. The first-order chi connectivity index (χ1) is 9.33. The highest BCUT2D eigenvalue weighted by Crippen LogP contribution is 2.29. The van der Waals surface area contributed by atoms with Gasteiger partial charge in [-0.15, -0.1) is 0 Å². The Labute approximate surface area is 117 Å². The highest BCUT2D eigenvalue weighted by molar-refractivity contribution is 5.80. The van der Waals surface area contributed by atoms with Crippen LogP contribution in [0.4, 0.5) is 11.5 Å². The van der Waals surface area contributed by atoms with Gasteiger partial charge in [0.15, 0.2) is 0 Å². The molecule has 8 heteroatoms. The Morgan fingerprint density at radius 2 is 2.15 bits per heavy atom. The second-order valence-electron chi connectivity index (χ2n) is 4.77. The number of nitrogens with zero attached hydrogens (tertiary/aromatic N) is 3. The van der Waals surface area contributed by atoms with E-state index in [1.165, 1.54) is 11.8 Å². The number of nitro groups is 1. The molecule has 0 spiro atoms. The van der Waals surface area contributed by atoms with Gasteiger partial charge < -0.3 is 10.1 Å². The summed E-state index contributed by atoms with van der Waals surface area (Å²) in [5, 5.41) is 18.2. The van der Waals surface area contributed by atoms with Gasteiger partial charge in [0.25, 0.3) is 0 Å². The van der Waals surface area contributed by atoms with E-state index < -0.39 is 16.9 Å². The van der Waals surface area contributed by atoms with Gasteiger partial charge >= 0.3 is 11.7 Å². The van der Waals surface area contributed by atoms with Gasteiger partial charge in [0, 0.05) is 7.05 Å². The summed E-state index contributed by atoms with van der Waals surface area (Å²) in [5.74, 6) is -0.327. The average Bonchev–Trinajstić information content (AvgIpc) is 2.71. The second-order valence-corrected chi connectivity index (χ2v) is 4.77. The van der Waals surface area contributed by atoms with Crippen LogP contribution in [0.3, 0.4) is 0 Å². The first-order valence-corrected chi connectivity index (χ1v) is 6.38. The van der Waals surface area contributed by atoms with Gasteiger partial charge in [-0.05, 0) is 12.3 Å². The molecule has 0 aliphatic rings. The van der Waals surface area contributed by atoms with E-state index in [9.17, 15) is 14.9 Å². The number of nitrogens with one attached hydrogen (secondary N) is 1. The van der Waals surface area contributed by atoms with E-state index in [0.29, 0.717) is 12.1 Å². The van der Waals surface area contributed by atoms with Crippen LogP contribution in [0.25, 0.3) is 0 Å². The molecule has 0 aliphatic heterocycles. The summed E-state index contributed by atoms with van der Waals surface area (Å²) in [6.07, 6.45) is 0.441. The third-order valence-electron chi connectivity index (χ3n) is 3.02. The van der Waals surface area contributed by atoms with E-state index in [1.54, 1.807) is 14.0 Å². The molecule has 20 heavy (non-hydrogen) atoms. The zero-order chi connectivity index (χ0) is 15.4. The molecule has 0 fully saturated rings. The molecule has 0 saturated heterocycles. The van der Waals surface area contributed by atoms with Gasteiger partial charge in [0.2, 0.25) is 5.82 Å². The molecule has 1 aromatic heterocycles. The zero-order valence-corrected chi connectivity index (χ0v) is 12.3. The smallest absolute Gasteiger partial charge is 0.334 e. The number of rotatable bonds is 6. The van der Waals surface area contributed by atoms with Crippen molar-refractivity contribution in [3.63, 3.8) is 0 Å². The Kier molecular flexibility index (Phi) is 5.06. The van der Waals surface area contributed by atoms with Crippen LogP contribution < -0.4 is 5.32 Å². The molecule has 0 amide bonds. The Morgan fingerprint density at radius 3 is 2.55 bits per heavy atom. The number of hydrogen-bond acceptors (Lipinski definition) is 6. The number of ether oxygens (including phenoxy) is 1. The maximum Gasteiger partial charge on any atom is 0.334 e. The quantitative estimate of drug-likeness (QED) is 0.483. The van der Waals surface area contributed by atoms with E-state index in [0.717, 1.165) is 0 Å². The molecule has 1 atom stereocenters. The Balaban J connectivity index is 3.22. The lowest BCUT2D eigenvalue weighted by molar-refractivity contribution is -0.384. The van der Waals surface area contributed by atoms with Crippen LogP contribution >= 0.6 is 0 Å². The van der Waals surface area contributed by atoms with Crippen LogP contribution in [-0.2, 0) is 23.0 Å². The molecule has 1 rings (SSSR count). The van der Waals surface area contributed by atoms with Gasteiger partial charge in [-0.2, -0.15) is 5.10 Å². The van der Waals surface area contributed by atoms with Gasteiger partial charge in [0.1, 0.15) is 11.7 Å². The molecule has 1 unspecified atom stereocenters. The van der Waals surface area contributed by atoms with Crippen molar-refractivity contribution in [2.45, 2.75) is 33.2 Å². The first-order valence-electron chi connectivity index (χ1n) is 6.38. The summed E-state index contributed by atoms with van der Waals surface area (Å²) in [6.45, 7) is 5.45. The summed E-state index contributed by atoms with van der Waals surface area (Å²) in [7, 11) is 2.89. The van der Waals surface area contributed by atoms with Crippen LogP contribution in [0.2, 0.25) is 0 Å². The summed E-state index contributed by atoms with van der Waals surface area (Å²) < 4.78 is 6.10. The fraction of sp³-hybridized carbons (Fsp3) is 0.667. The number of methoxy groups -OCH3 is 1. The standard InChI is InChI=1S/C12H20N4O4/c1-6-8-10(16(18)19)11(15(4)14-8)13-9(7(2)3)12(17)20-5/h7,9,13H,6H2,1-5H3. The van der Waals surface area contributed by atoms with Gasteiger partial charge in [0.05, 0.1) is 12.0 Å². The van der Waals surface area contributed by atoms with Crippen molar-refractivity contribution in [2.75, 3.05) is 12.4 Å². The number of carbonyl (C=O) groups excluding carboxylic acids is 1. The SMILES string of the molecule is CCc1nn(C)c(NC(C(=O)OC)C(C)C)c1[N+](=O)[O-]. The molecular weight excluding hydrogens is 264 g/mol. The van der Waals surface area contributed by atoms with Crippen LogP contribution in [0.15, 0.2) is 0 Å². The summed E-state index contributed by atoms with van der Waals surface area (Å²) in [4.78, 5) is 22.5. The average molecular weight is 284 g/mol. The molecule has 0 saturated carbocycles. The van der Waals surface area contributed by atoms with Gasteiger partial charge in [-0.1, -0.05) is 20.8 Å². The molecule has 8 nitrogen and oxygen atoms in total. The normalized spacial score (nSPS) is 12.3. The molecule has 1 aromatic rings. The number of aryl methyl sites for hydroxylation is 2. The number of esters is 1. The predicted molar refractivity (Wildman–Crippen MR) is 73.5 cm³/mol. The van der Waals surface area contributed by atoms with E-state index >= 15 is 0 Å². The molecule has 0 radical (unpaired) electrons. The lowest BCUT2D eigenvalue weighted by Gasteiger charge is -2.20. The van der Waals surface area contributed by atoms with Gasteiger partial charge in [-0.3, -0.25) is 10.1 Å². The number of anilines is 1. The molecule has 0 aromatic carbocycles. The maximum atomic E-state index is 11.7. The lowest BCUT2D eigenvalue weighted by atomic mass is 10.0. The summed E-state index contributed by atoms with van der Waals surface area (Å²) in [6, 6.07) is -0.668. The molecular formula is C12H20N4O4. The van der Waals surface area contributed by atoms with Crippen molar-refractivity contribution in [2.24, 2.45) is 13.0 Å². The van der Waals surface area contributed by atoms with Crippen LogP contribution in [0.1, 0.15) is 26.5 Å². The van der Waals surface area contributed by atoms with Gasteiger partial charge in [-0.25, -0.2) is 9.48 Å². The number of hydrogen-bond donors (Lipinski definition) is 1. The summed E-state index contributed by atoms with van der Waals surface area (Å²) >= 11 is 0.